The number of aromatic nitrogens is 4. The zero-order valence-electron chi connectivity index (χ0n) is 18.1. The monoisotopic (exact) mass is 460 g/mol. The quantitative estimate of drug-likeness (QED) is 0.619. The van der Waals surface area contributed by atoms with Crippen LogP contribution in [-0.2, 0) is 13.2 Å². The van der Waals surface area contributed by atoms with Gasteiger partial charge in [0.2, 0.25) is 0 Å². The van der Waals surface area contributed by atoms with Gasteiger partial charge in [-0.25, -0.2) is 9.97 Å². The maximum absolute atomic E-state index is 13.6. The van der Waals surface area contributed by atoms with Gasteiger partial charge in [-0.05, 0) is 38.0 Å². The molecule has 1 aliphatic heterocycles. The van der Waals surface area contributed by atoms with E-state index in [4.69, 9.17) is 0 Å². The second-order valence-corrected chi connectivity index (χ2v) is 8.37. The third-order valence-corrected chi connectivity index (χ3v) is 5.41. The van der Waals surface area contributed by atoms with Crippen molar-refractivity contribution >= 4 is 17.3 Å². The number of β-amino-alcohol motifs (C(OH)–C–C–N with tert-alkyl or cyclic N) is 1. The molecular formula is C22H23F3N6O2. The van der Waals surface area contributed by atoms with E-state index in [1.807, 2.05) is 0 Å². The molecule has 4 heterocycles. The number of pyridine rings is 2. The highest BCUT2D eigenvalue weighted by atomic mass is 19.4. The molecule has 33 heavy (non-hydrogen) atoms. The van der Waals surface area contributed by atoms with Crippen LogP contribution in [0.2, 0.25) is 0 Å². The minimum absolute atomic E-state index is 0.0456. The molecule has 0 aromatic carbocycles. The fourth-order valence-electron chi connectivity index (χ4n) is 3.85. The smallest absolute Gasteiger partial charge is 0.388 e. The van der Waals surface area contributed by atoms with Crippen molar-refractivity contribution in [1.82, 2.24) is 19.7 Å². The molecule has 1 fully saturated rings. The van der Waals surface area contributed by atoms with E-state index >= 15 is 0 Å². The highest BCUT2D eigenvalue weighted by Crippen LogP contribution is 2.36. The number of nitrogens with zero attached hydrogens (tertiary/aromatic N) is 5. The molecule has 2 N–H and O–H groups in total. The molecule has 0 spiro atoms. The van der Waals surface area contributed by atoms with Crippen molar-refractivity contribution in [3.05, 3.63) is 54.2 Å². The zero-order valence-corrected chi connectivity index (χ0v) is 18.1. The molecule has 3 aromatic rings. The topological polar surface area (TPSA) is 96.2 Å². The second kappa shape index (κ2) is 8.47. The van der Waals surface area contributed by atoms with Crippen LogP contribution >= 0.6 is 0 Å². The van der Waals surface area contributed by atoms with E-state index in [1.54, 1.807) is 48.1 Å². The summed E-state index contributed by atoms with van der Waals surface area (Å²) >= 11 is 0. The summed E-state index contributed by atoms with van der Waals surface area (Å²) in [4.78, 5) is 22.4. The Balaban J connectivity index is 1.64. The maximum atomic E-state index is 13.6. The fraction of sp³-hybridized carbons (Fsp3) is 0.364. The lowest BCUT2D eigenvalue weighted by Gasteiger charge is -2.38. The van der Waals surface area contributed by atoms with Crippen LogP contribution in [0.3, 0.4) is 0 Å². The van der Waals surface area contributed by atoms with E-state index in [1.165, 1.54) is 12.1 Å². The van der Waals surface area contributed by atoms with Gasteiger partial charge in [0, 0.05) is 31.9 Å². The summed E-state index contributed by atoms with van der Waals surface area (Å²) in [5.41, 5.74) is -1.15. The molecule has 0 saturated carbocycles. The first-order valence-corrected chi connectivity index (χ1v) is 10.3. The van der Waals surface area contributed by atoms with E-state index in [9.17, 15) is 23.1 Å². The van der Waals surface area contributed by atoms with Crippen LogP contribution in [0.25, 0.3) is 11.3 Å². The molecule has 1 atom stereocenters. The third-order valence-electron chi connectivity index (χ3n) is 5.41. The number of piperidine rings is 1. The van der Waals surface area contributed by atoms with E-state index in [0.29, 0.717) is 36.3 Å². The average Bonchev–Trinajstić information content (AvgIpc) is 3.18. The van der Waals surface area contributed by atoms with Crippen LogP contribution in [0.1, 0.15) is 35.9 Å². The molecule has 1 saturated heterocycles. The summed E-state index contributed by atoms with van der Waals surface area (Å²) in [6, 6.07) is 5.93. The largest absolute Gasteiger partial charge is 0.435 e. The first-order chi connectivity index (χ1) is 15.5. The number of hydrogen-bond donors (Lipinski definition) is 2. The van der Waals surface area contributed by atoms with Crippen LogP contribution in [0.5, 0.6) is 0 Å². The highest BCUT2D eigenvalue weighted by Gasteiger charge is 2.37. The van der Waals surface area contributed by atoms with Crippen molar-refractivity contribution in [2.24, 2.45) is 7.05 Å². The number of anilines is 2. The Morgan fingerprint density at radius 2 is 2.06 bits per heavy atom. The van der Waals surface area contributed by atoms with Crippen LogP contribution in [0.4, 0.5) is 24.5 Å². The second-order valence-electron chi connectivity index (χ2n) is 8.37. The van der Waals surface area contributed by atoms with Crippen LogP contribution in [0, 0.1) is 0 Å². The fourth-order valence-corrected chi connectivity index (χ4v) is 3.85. The Kier molecular flexibility index (Phi) is 5.83. The van der Waals surface area contributed by atoms with Gasteiger partial charge in [0.1, 0.15) is 5.69 Å². The number of alkyl halides is 3. The minimum atomic E-state index is -4.76. The number of carbonyl (C=O) groups excluding carboxylic acids is 1. The first-order valence-electron chi connectivity index (χ1n) is 10.3. The molecule has 174 valence electrons. The Morgan fingerprint density at radius 1 is 1.27 bits per heavy atom. The number of amides is 1. The summed E-state index contributed by atoms with van der Waals surface area (Å²) < 4.78 is 42.4. The molecule has 4 rings (SSSR count). The van der Waals surface area contributed by atoms with Crippen LogP contribution in [-0.4, -0.2) is 49.5 Å². The van der Waals surface area contributed by atoms with Crippen molar-refractivity contribution < 1.29 is 23.1 Å². The number of rotatable bonds is 4. The summed E-state index contributed by atoms with van der Waals surface area (Å²) in [6.45, 7) is 2.49. The highest BCUT2D eigenvalue weighted by molar-refractivity contribution is 6.03. The van der Waals surface area contributed by atoms with E-state index in [0.717, 1.165) is 6.20 Å². The van der Waals surface area contributed by atoms with Crippen LogP contribution in [0.15, 0.2) is 42.9 Å². The Hall–Kier alpha value is -3.47. The lowest BCUT2D eigenvalue weighted by atomic mass is 9.95. The number of aliphatic hydroxyl groups is 1. The molecule has 11 heteroatoms. The number of halogens is 3. The Labute approximate surface area is 188 Å². The molecule has 1 aliphatic rings. The minimum Gasteiger partial charge on any atom is -0.388 e. The summed E-state index contributed by atoms with van der Waals surface area (Å²) in [5.74, 6) is -0.796. The number of nitrogens with one attached hydrogen (secondary N) is 1. The van der Waals surface area contributed by atoms with Crippen molar-refractivity contribution in [2.45, 2.75) is 31.5 Å². The molecule has 8 nitrogen and oxygen atoms in total. The van der Waals surface area contributed by atoms with Crippen LogP contribution < -0.4 is 10.2 Å². The van der Waals surface area contributed by atoms with Gasteiger partial charge in [-0.2, -0.15) is 18.3 Å². The molecule has 1 amide bonds. The summed E-state index contributed by atoms with van der Waals surface area (Å²) in [7, 11) is 1.74. The lowest BCUT2D eigenvalue weighted by molar-refractivity contribution is -0.140. The van der Waals surface area contributed by atoms with Crippen molar-refractivity contribution in [3.8, 4) is 11.3 Å². The molecule has 0 radical (unpaired) electrons. The number of hydrogen-bond acceptors (Lipinski definition) is 6. The standard InChI is InChI=1S/C22H23F3N6O2/c1-21(33)7-4-8-31(13-21)15-9-18(19(26-11-15)22(23,24)25)29-20(32)17-6-3-5-16(28-17)14-10-27-30(2)12-14/h3,5-6,9-12,33H,4,7-8,13H2,1-2H3,(H,29,32). The molecular weight excluding hydrogens is 437 g/mol. The van der Waals surface area contributed by atoms with Gasteiger partial charge in [0.15, 0.2) is 5.69 Å². The van der Waals surface area contributed by atoms with Gasteiger partial charge < -0.3 is 15.3 Å². The maximum Gasteiger partial charge on any atom is 0.435 e. The molecule has 0 aliphatic carbocycles. The van der Waals surface area contributed by atoms with Crippen molar-refractivity contribution in [3.63, 3.8) is 0 Å². The van der Waals surface area contributed by atoms with E-state index in [-0.39, 0.29) is 12.2 Å². The van der Waals surface area contributed by atoms with Gasteiger partial charge in [0.25, 0.3) is 5.91 Å². The number of carbonyl (C=O) groups is 1. The SMILES string of the molecule is Cn1cc(-c2cccc(C(=O)Nc3cc(N4CCCC(C)(O)C4)cnc3C(F)(F)F)n2)cn1. The third kappa shape index (κ3) is 5.14. The Morgan fingerprint density at radius 3 is 2.73 bits per heavy atom. The molecule has 1 unspecified atom stereocenters. The van der Waals surface area contributed by atoms with E-state index < -0.39 is 29.1 Å². The average molecular weight is 460 g/mol. The van der Waals surface area contributed by atoms with Gasteiger partial charge in [-0.1, -0.05) is 6.07 Å². The van der Waals surface area contributed by atoms with Crippen molar-refractivity contribution in [1.29, 1.82) is 0 Å². The van der Waals surface area contributed by atoms with Gasteiger partial charge in [-0.15, -0.1) is 0 Å². The van der Waals surface area contributed by atoms with Gasteiger partial charge >= 0.3 is 6.18 Å². The molecule has 0 bridgehead atoms. The zero-order chi connectivity index (χ0) is 23.8. The Bertz CT molecular complexity index is 1170. The number of aryl methyl sites for hydroxylation is 1. The normalized spacial score (nSPS) is 18.9. The van der Waals surface area contributed by atoms with Gasteiger partial charge in [-0.3, -0.25) is 9.48 Å². The predicted octanol–water partition coefficient (Wildman–Crippen LogP) is 3.50. The van der Waals surface area contributed by atoms with Gasteiger partial charge in [0.05, 0.1) is 35.1 Å². The van der Waals surface area contributed by atoms with Crippen molar-refractivity contribution in [2.75, 3.05) is 23.3 Å². The molecule has 3 aromatic heterocycles. The lowest BCUT2D eigenvalue weighted by Crippen LogP contribution is -2.46. The van der Waals surface area contributed by atoms with E-state index in [2.05, 4.69) is 20.4 Å². The summed E-state index contributed by atoms with van der Waals surface area (Å²) in [6.07, 6.45) is 0.918. The predicted molar refractivity (Wildman–Crippen MR) is 116 cm³/mol. The first kappa shape index (κ1) is 22.7. The summed E-state index contributed by atoms with van der Waals surface area (Å²) in [5, 5.41) is 16.7.